The summed E-state index contributed by atoms with van der Waals surface area (Å²) in [5, 5.41) is 3.13. The van der Waals surface area contributed by atoms with E-state index in [0.29, 0.717) is 30.5 Å². The number of nitrogens with zero attached hydrogens (tertiary/aromatic N) is 3. The van der Waals surface area contributed by atoms with Gasteiger partial charge in [0.2, 0.25) is 5.91 Å². The van der Waals surface area contributed by atoms with Crippen molar-refractivity contribution in [1.82, 2.24) is 19.7 Å². The van der Waals surface area contributed by atoms with Crippen LogP contribution in [-0.2, 0) is 17.9 Å². The highest BCUT2D eigenvalue weighted by Gasteiger charge is 2.39. The molecule has 1 fully saturated rings. The molecule has 4 atom stereocenters. The Morgan fingerprint density at radius 1 is 1.09 bits per heavy atom. The van der Waals surface area contributed by atoms with E-state index in [9.17, 15) is 14.4 Å². The lowest BCUT2D eigenvalue weighted by atomic mass is 9.83. The first-order valence-electron chi connectivity index (χ1n) is 12.5. The summed E-state index contributed by atoms with van der Waals surface area (Å²) in [4.78, 5) is 42.7. The molecule has 1 N–H and O–H groups in total. The van der Waals surface area contributed by atoms with E-state index in [1.54, 1.807) is 11.0 Å². The summed E-state index contributed by atoms with van der Waals surface area (Å²) >= 11 is 0. The number of fused-ring (bicyclic) bond motifs is 5. The lowest BCUT2D eigenvalue weighted by molar-refractivity contribution is -0.127. The van der Waals surface area contributed by atoms with Crippen LogP contribution in [-0.4, -0.2) is 58.4 Å². The van der Waals surface area contributed by atoms with E-state index in [1.807, 2.05) is 41.8 Å². The molecule has 0 aliphatic carbocycles. The molecule has 3 aliphatic rings. The summed E-state index contributed by atoms with van der Waals surface area (Å²) in [6, 6.07) is 12.8. The van der Waals surface area contributed by atoms with E-state index in [4.69, 9.17) is 0 Å². The predicted molar refractivity (Wildman–Crippen MR) is 131 cm³/mol. The van der Waals surface area contributed by atoms with E-state index < -0.39 is 6.04 Å². The van der Waals surface area contributed by atoms with Crippen molar-refractivity contribution in [3.05, 3.63) is 69.6 Å². The van der Waals surface area contributed by atoms with E-state index in [-0.39, 0.29) is 23.3 Å². The quantitative estimate of drug-likeness (QED) is 0.686. The van der Waals surface area contributed by atoms with Gasteiger partial charge in [-0.2, -0.15) is 0 Å². The van der Waals surface area contributed by atoms with Crippen molar-refractivity contribution >= 4 is 11.8 Å². The average Bonchev–Trinajstić information content (AvgIpc) is 3.16. The molecule has 2 aromatic rings. The number of hydrogen-bond acceptors (Lipinski definition) is 4. The van der Waals surface area contributed by atoms with Crippen LogP contribution in [0.4, 0.5) is 0 Å². The number of carbonyl (C=O) groups is 2. The first kappa shape index (κ1) is 22.8. The van der Waals surface area contributed by atoms with Gasteiger partial charge in [0, 0.05) is 62.5 Å². The highest BCUT2D eigenvalue weighted by atomic mass is 16.2. The monoisotopic (exact) mass is 462 g/mol. The van der Waals surface area contributed by atoms with Gasteiger partial charge in [-0.3, -0.25) is 14.4 Å². The molecule has 7 nitrogen and oxygen atoms in total. The fourth-order valence-electron chi connectivity index (χ4n) is 6.05. The highest BCUT2D eigenvalue weighted by Crippen LogP contribution is 2.34. The lowest BCUT2D eigenvalue weighted by Gasteiger charge is -2.42. The molecule has 3 aliphatic heterocycles. The molecule has 1 saturated heterocycles. The van der Waals surface area contributed by atoms with Crippen LogP contribution in [0.15, 0.2) is 47.3 Å². The molecule has 0 saturated carbocycles. The highest BCUT2D eigenvalue weighted by molar-refractivity contribution is 6.01. The van der Waals surface area contributed by atoms with Crippen LogP contribution in [0.25, 0.3) is 0 Å². The molecule has 0 unspecified atom stereocenters. The minimum atomic E-state index is -0.468. The van der Waals surface area contributed by atoms with Crippen molar-refractivity contribution in [2.45, 2.75) is 51.7 Å². The van der Waals surface area contributed by atoms with Gasteiger partial charge in [-0.05, 0) is 36.0 Å². The molecule has 2 bridgehead atoms. The molecule has 5 rings (SSSR count). The van der Waals surface area contributed by atoms with E-state index in [0.717, 1.165) is 50.3 Å². The van der Waals surface area contributed by atoms with Crippen LogP contribution in [0.5, 0.6) is 0 Å². The predicted octanol–water partition coefficient (Wildman–Crippen LogP) is 2.45. The summed E-state index contributed by atoms with van der Waals surface area (Å²) in [6.07, 6.45) is 1.95. The molecule has 7 heteroatoms. The standard InChI is InChI=1S/C27H34N4O3/c1-3-18(2)25(31-17-20-7-4-5-8-22(20)27(31)34)26(33)28-11-12-29-14-19-13-21(16-29)23-9-6-10-24(32)30(23)15-19/h4-10,18-19,21,25H,3,11-17H2,1-2H3,(H,28,33)/t18-,19-,21+,25+/m1/s1. The molecule has 34 heavy (non-hydrogen) atoms. The van der Waals surface area contributed by atoms with Crippen LogP contribution >= 0.6 is 0 Å². The molecule has 2 amide bonds. The second-order valence-electron chi connectivity index (χ2n) is 10.2. The Bertz CT molecular complexity index is 1140. The number of carbonyl (C=O) groups excluding carboxylic acids is 2. The van der Waals surface area contributed by atoms with E-state index in [2.05, 4.69) is 23.2 Å². The maximum atomic E-state index is 13.3. The number of piperidine rings is 1. The zero-order valence-electron chi connectivity index (χ0n) is 20.1. The average molecular weight is 463 g/mol. The Morgan fingerprint density at radius 3 is 2.71 bits per heavy atom. The molecule has 4 heterocycles. The number of amides is 2. The first-order chi connectivity index (χ1) is 16.5. The Morgan fingerprint density at radius 2 is 1.91 bits per heavy atom. The van der Waals surface area contributed by atoms with Crippen LogP contribution in [0.2, 0.25) is 0 Å². The third-order valence-corrected chi connectivity index (χ3v) is 7.92. The van der Waals surface area contributed by atoms with Gasteiger partial charge in [0.05, 0.1) is 0 Å². The second kappa shape index (κ2) is 9.37. The van der Waals surface area contributed by atoms with Crippen molar-refractivity contribution in [2.75, 3.05) is 26.2 Å². The summed E-state index contributed by atoms with van der Waals surface area (Å²) in [5.74, 6) is 0.794. The zero-order chi connectivity index (χ0) is 23.8. The van der Waals surface area contributed by atoms with Gasteiger partial charge in [-0.25, -0.2) is 0 Å². The molecule has 0 spiro atoms. The first-order valence-corrected chi connectivity index (χ1v) is 12.5. The van der Waals surface area contributed by atoms with Gasteiger partial charge in [-0.1, -0.05) is 44.5 Å². The third kappa shape index (κ3) is 4.17. The second-order valence-corrected chi connectivity index (χ2v) is 10.2. The lowest BCUT2D eigenvalue weighted by Crippen LogP contribution is -2.52. The fraction of sp³-hybridized carbons (Fsp3) is 0.519. The third-order valence-electron chi connectivity index (χ3n) is 7.92. The fourth-order valence-corrected chi connectivity index (χ4v) is 6.05. The normalized spacial score (nSPS) is 23.2. The topological polar surface area (TPSA) is 74.7 Å². The Kier molecular flexibility index (Phi) is 6.30. The largest absolute Gasteiger partial charge is 0.353 e. The van der Waals surface area contributed by atoms with Gasteiger partial charge < -0.3 is 19.7 Å². The SMILES string of the molecule is CC[C@@H](C)[C@@H](C(=O)NCCN1C[C@H]2C[C@@H](C1)c1cccc(=O)n1C2)N1Cc2ccccc2C1=O. The molecule has 0 radical (unpaired) electrons. The number of rotatable bonds is 7. The Hall–Kier alpha value is -2.93. The van der Waals surface area contributed by atoms with E-state index >= 15 is 0 Å². The van der Waals surface area contributed by atoms with Gasteiger partial charge in [0.1, 0.15) is 6.04 Å². The van der Waals surface area contributed by atoms with Crippen molar-refractivity contribution in [2.24, 2.45) is 11.8 Å². The molecule has 180 valence electrons. The molecular formula is C27H34N4O3. The maximum absolute atomic E-state index is 13.3. The van der Waals surface area contributed by atoms with Gasteiger partial charge >= 0.3 is 0 Å². The number of likely N-dealkylation sites (tertiary alicyclic amines) is 1. The van der Waals surface area contributed by atoms with Crippen molar-refractivity contribution in [3.8, 4) is 0 Å². The van der Waals surface area contributed by atoms with Gasteiger partial charge in [0.25, 0.3) is 11.5 Å². The number of benzene rings is 1. The summed E-state index contributed by atoms with van der Waals surface area (Å²) in [5.41, 5.74) is 2.94. The van der Waals surface area contributed by atoms with Crippen molar-refractivity contribution in [1.29, 1.82) is 0 Å². The van der Waals surface area contributed by atoms with Crippen LogP contribution in [0.3, 0.4) is 0 Å². The van der Waals surface area contributed by atoms with Crippen LogP contribution in [0.1, 0.15) is 54.2 Å². The number of aromatic nitrogens is 1. The number of pyridine rings is 1. The summed E-state index contributed by atoms with van der Waals surface area (Å²) < 4.78 is 1.94. The number of nitrogens with one attached hydrogen (secondary N) is 1. The number of hydrogen-bond donors (Lipinski definition) is 1. The summed E-state index contributed by atoms with van der Waals surface area (Å²) in [6.45, 7) is 8.57. The van der Waals surface area contributed by atoms with Crippen LogP contribution < -0.4 is 10.9 Å². The van der Waals surface area contributed by atoms with Gasteiger partial charge in [0.15, 0.2) is 0 Å². The zero-order valence-corrected chi connectivity index (χ0v) is 20.1. The minimum absolute atomic E-state index is 0.0474. The molecular weight excluding hydrogens is 428 g/mol. The molecule has 1 aromatic heterocycles. The Balaban J connectivity index is 1.21. The summed E-state index contributed by atoms with van der Waals surface area (Å²) in [7, 11) is 0. The minimum Gasteiger partial charge on any atom is -0.353 e. The van der Waals surface area contributed by atoms with Gasteiger partial charge in [-0.15, -0.1) is 0 Å². The molecule has 1 aromatic carbocycles. The Labute approximate surface area is 200 Å². The van der Waals surface area contributed by atoms with Crippen molar-refractivity contribution < 1.29 is 9.59 Å². The smallest absolute Gasteiger partial charge is 0.255 e. The maximum Gasteiger partial charge on any atom is 0.255 e. The van der Waals surface area contributed by atoms with E-state index in [1.165, 1.54) is 0 Å². The van der Waals surface area contributed by atoms with Crippen LogP contribution in [0, 0.1) is 11.8 Å². The van der Waals surface area contributed by atoms with Crippen molar-refractivity contribution in [3.63, 3.8) is 0 Å².